The van der Waals surface area contributed by atoms with E-state index < -0.39 is 5.91 Å². The third-order valence-electron chi connectivity index (χ3n) is 3.43. The van der Waals surface area contributed by atoms with E-state index in [4.69, 9.17) is 9.68 Å². The van der Waals surface area contributed by atoms with E-state index >= 15 is 0 Å². The summed E-state index contributed by atoms with van der Waals surface area (Å²) in [5.41, 5.74) is 2.36. The molecule has 5 nitrogen and oxygen atoms in total. The van der Waals surface area contributed by atoms with Gasteiger partial charge in [0.05, 0.1) is 6.26 Å². The number of aryl methyl sites for hydroxylation is 1. The van der Waals surface area contributed by atoms with Gasteiger partial charge >= 0.3 is 0 Å². The number of amides is 1. The van der Waals surface area contributed by atoms with E-state index in [0.29, 0.717) is 10.9 Å². The molecule has 0 aliphatic heterocycles. The highest BCUT2D eigenvalue weighted by atomic mass is 32.1. The van der Waals surface area contributed by atoms with E-state index in [1.54, 1.807) is 18.3 Å². The Morgan fingerprint density at radius 3 is 3.00 bits per heavy atom. The standard InChI is InChI=1S/C19H15N3O2S/c1-13-4-2-5-14(8-13)9-17-12-21-19(25-17)22-18(23)15(11-20)10-16-6-3-7-24-16/h2-8,10,12H,9H2,1H3,(H,21,22,23). The predicted octanol–water partition coefficient (Wildman–Crippen LogP) is 4.18. The Labute approximate surface area is 149 Å². The number of furan rings is 1. The van der Waals surface area contributed by atoms with Crippen molar-refractivity contribution in [2.24, 2.45) is 0 Å². The van der Waals surface area contributed by atoms with Crippen LogP contribution in [-0.2, 0) is 11.2 Å². The number of hydrogen-bond acceptors (Lipinski definition) is 5. The van der Waals surface area contributed by atoms with Crippen LogP contribution >= 0.6 is 11.3 Å². The van der Waals surface area contributed by atoms with E-state index in [9.17, 15) is 4.79 Å². The topological polar surface area (TPSA) is 78.9 Å². The second-order valence-electron chi connectivity index (χ2n) is 5.44. The van der Waals surface area contributed by atoms with Gasteiger partial charge in [0.15, 0.2) is 5.13 Å². The molecular weight excluding hydrogens is 334 g/mol. The van der Waals surface area contributed by atoms with Gasteiger partial charge in [0.25, 0.3) is 5.91 Å². The van der Waals surface area contributed by atoms with Crippen LogP contribution in [0.15, 0.2) is 58.8 Å². The molecule has 124 valence electrons. The summed E-state index contributed by atoms with van der Waals surface area (Å²) in [6.07, 6.45) is 5.38. The average molecular weight is 349 g/mol. The molecule has 25 heavy (non-hydrogen) atoms. The molecule has 0 saturated carbocycles. The Kier molecular flexibility index (Phi) is 5.07. The number of hydrogen-bond donors (Lipinski definition) is 1. The van der Waals surface area contributed by atoms with Crippen LogP contribution in [0.25, 0.3) is 6.08 Å². The van der Waals surface area contributed by atoms with Crippen molar-refractivity contribution in [3.8, 4) is 6.07 Å². The lowest BCUT2D eigenvalue weighted by molar-refractivity contribution is -0.112. The van der Waals surface area contributed by atoms with Crippen molar-refractivity contribution in [3.05, 3.63) is 76.2 Å². The Morgan fingerprint density at radius 1 is 1.40 bits per heavy atom. The minimum absolute atomic E-state index is 0.0367. The van der Waals surface area contributed by atoms with Crippen LogP contribution in [0.4, 0.5) is 5.13 Å². The number of anilines is 1. The van der Waals surface area contributed by atoms with Gasteiger partial charge in [-0.3, -0.25) is 10.1 Å². The first-order valence-electron chi connectivity index (χ1n) is 7.61. The lowest BCUT2D eigenvalue weighted by Crippen LogP contribution is -2.13. The molecule has 0 bridgehead atoms. The van der Waals surface area contributed by atoms with Crippen LogP contribution in [0.5, 0.6) is 0 Å². The van der Waals surface area contributed by atoms with Crippen molar-refractivity contribution >= 4 is 28.5 Å². The molecule has 1 aromatic carbocycles. The Hall–Kier alpha value is -3.17. The monoisotopic (exact) mass is 349 g/mol. The lowest BCUT2D eigenvalue weighted by atomic mass is 10.1. The molecule has 2 aromatic heterocycles. The number of nitrogens with one attached hydrogen (secondary N) is 1. The number of nitriles is 1. The van der Waals surface area contributed by atoms with Gasteiger partial charge in [0.1, 0.15) is 17.4 Å². The van der Waals surface area contributed by atoms with E-state index in [1.807, 2.05) is 12.1 Å². The number of benzene rings is 1. The zero-order valence-corrected chi connectivity index (χ0v) is 14.3. The van der Waals surface area contributed by atoms with Crippen molar-refractivity contribution in [2.45, 2.75) is 13.3 Å². The van der Waals surface area contributed by atoms with Crippen LogP contribution in [0.1, 0.15) is 21.8 Å². The molecule has 1 N–H and O–H groups in total. The zero-order chi connectivity index (χ0) is 17.6. The Morgan fingerprint density at radius 2 is 2.28 bits per heavy atom. The predicted molar refractivity (Wildman–Crippen MR) is 97.0 cm³/mol. The number of rotatable bonds is 5. The highest BCUT2D eigenvalue weighted by Gasteiger charge is 2.13. The summed E-state index contributed by atoms with van der Waals surface area (Å²) < 4.78 is 5.13. The minimum Gasteiger partial charge on any atom is -0.465 e. The second-order valence-corrected chi connectivity index (χ2v) is 6.55. The SMILES string of the molecule is Cc1cccc(Cc2cnc(NC(=O)C(C#N)=Cc3ccco3)s2)c1. The van der Waals surface area contributed by atoms with Crippen molar-refractivity contribution in [1.82, 2.24) is 4.98 Å². The van der Waals surface area contributed by atoms with Crippen LogP contribution < -0.4 is 5.32 Å². The maximum Gasteiger partial charge on any atom is 0.268 e. The summed E-state index contributed by atoms with van der Waals surface area (Å²) in [5.74, 6) is -0.0543. The molecule has 0 radical (unpaired) electrons. The summed E-state index contributed by atoms with van der Waals surface area (Å²) in [6.45, 7) is 2.05. The number of thiazole rings is 1. The molecule has 3 aromatic rings. The maximum absolute atomic E-state index is 12.2. The zero-order valence-electron chi connectivity index (χ0n) is 13.5. The third kappa shape index (κ3) is 4.43. The third-order valence-corrected chi connectivity index (χ3v) is 4.34. The molecule has 0 aliphatic carbocycles. The summed E-state index contributed by atoms with van der Waals surface area (Å²) in [6, 6.07) is 13.5. The van der Waals surface area contributed by atoms with Gasteiger partial charge in [-0.1, -0.05) is 29.8 Å². The van der Waals surface area contributed by atoms with E-state index in [2.05, 4.69) is 35.4 Å². The second kappa shape index (κ2) is 7.60. The molecule has 6 heteroatoms. The van der Waals surface area contributed by atoms with Gasteiger partial charge in [0.2, 0.25) is 0 Å². The highest BCUT2D eigenvalue weighted by Crippen LogP contribution is 2.22. The fourth-order valence-corrected chi connectivity index (χ4v) is 3.14. The number of nitrogens with zero attached hydrogens (tertiary/aromatic N) is 2. The molecular formula is C19H15N3O2S. The molecule has 0 unspecified atom stereocenters. The molecule has 1 amide bonds. The van der Waals surface area contributed by atoms with E-state index in [-0.39, 0.29) is 5.57 Å². The number of carbonyl (C=O) groups excluding carboxylic acids is 1. The highest BCUT2D eigenvalue weighted by molar-refractivity contribution is 7.15. The summed E-state index contributed by atoms with van der Waals surface area (Å²) in [5, 5.41) is 12.3. The molecule has 3 rings (SSSR count). The first-order chi connectivity index (χ1) is 12.1. The van der Waals surface area contributed by atoms with Gasteiger partial charge in [-0.05, 0) is 24.6 Å². The van der Waals surface area contributed by atoms with Gasteiger partial charge in [0, 0.05) is 23.6 Å². The maximum atomic E-state index is 12.2. The van der Waals surface area contributed by atoms with Crippen LogP contribution in [-0.4, -0.2) is 10.9 Å². The van der Waals surface area contributed by atoms with Gasteiger partial charge in [-0.15, -0.1) is 11.3 Å². The molecule has 0 atom stereocenters. The van der Waals surface area contributed by atoms with Gasteiger partial charge < -0.3 is 4.42 Å². The fraction of sp³-hybridized carbons (Fsp3) is 0.105. The first kappa shape index (κ1) is 16.7. The molecule has 0 saturated heterocycles. The van der Waals surface area contributed by atoms with Gasteiger partial charge in [-0.25, -0.2) is 4.98 Å². The van der Waals surface area contributed by atoms with Crippen LogP contribution in [0.2, 0.25) is 0 Å². The first-order valence-corrected chi connectivity index (χ1v) is 8.42. The number of carbonyl (C=O) groups is 1. The van der Waals surface area contributed by atoms with Crippen LogP contribution in [0.3, 0.4) is 0 Å². The molecule has 0 fully saturated rings. The minimum atomic E-state index is -0.504. The molecule has 2 heterocycles. The molecule has 0 spiro atoms. The van der Waals surface area contributed by atoms with E-state index in [0.717, 1.165) is 11.3 Å². The van der Waals surface area contributed by atoms with E-state index in [1.165, 1.54) is 34.8 Å². The van der Waals surface area contributed by atoms with Crippen molar-refractivity contribution in [2.75, 3.05) is 5.32 Å². The average Bonchev–Trinajstić information content (AvgIpc) is 3.24. The smallest absolute Gasteiger partial charge is 0.268 e. The van der Waals surface area contributed by atoms with Crippen molar-refractivity contribution in [1.29, 1.82) is 5.26 Å². The van der Waals surface area contributed by atoms with Crippen molar-refractivity contribution < 1.29 is 9.21 Å². The largest absolute Gasteiger partial charge is 0.465 e. The Balaban J connectivity index is 1.68. The summed E-state index contributed by atoms with van der Waals surface area (Å²) in [7, 11) is 0. The van der Waals surface area contributed by atoms with Crippen LogP contribution in [0, 0.1) is 18.3 Å². The van der Waals surface area contributed by atoms with Crippen molar-refractivity contribution in [3.63, 3.8) is 0 Å². The fourth-order valence-electron chi connectivity index (χ4n) is 2.30. The summed E-state index contributed by atoms with van der Waals surface area (Å²) in [4.78, 5) is 17.5. The summed E-state index contributed by atoms with van der Waals surface area (Å²) >= 11 is 1.39. The van der Waals surface area contributed by atoms with Gasteiger partial charge in [-0.2, -0.15) is 5.26 Å². The normalized spacial score (nSPS) is 11.1. The Bertz CT molecular complexity index is 949. The quantitative estimate of drug-likeness (QED) is 0.553. The lowest BCUT2D eigenvalue weighted by Gasteiger charge is -2.00. The number of aromatic nitrogens is 1. The molecule has 0 aliphatic rings.